The van der Waals surface area contributed by atoms with E-state index in [9.17, 15) is 8.78 Å². The average molecular weight is 223 g/mol. The number of halogens is 2. The van der Waals surface area contributed by atoms with Crippen LogP contribution >= 0.6 is 0 Å². The quantitative estimate of drug-likeness (QED) is 0.680. The monoisotopic (exact) mass is 223 g/mol. The molecular formula is C11H12BF2NO. The molecule has 1 fully saturated rings. The van der Waals surface area contributed by atoms with Gasteiger partial charge in [-0.2, -0.15) is 0 Å². The van der Waals surface area contributed by atoms with Gasteiger partial charge in [0.25, 0.3) is 0 Å². The Kier molecular flexibility index (Phi) is 3.56. The Morgan fingerprint density at radius 1 is 1.19 bits per heavy atom. The largest absolute Gasteiger partial charge is 0.379 e. The molecule has 0 bridgehead atoms. The fourth-order valence-electron chi connectivity index (χ4n) is 1.76. The van der Waals surface area contributed by atoms with Crippen LogP contribution in [0.3, 0.4) is 0 Å². The molecule has 0 atom stereocenters. The van der Waals surface area contributed by atoms with Crippen molar-refractivity contribution in [1.82, 2.24) is 4.90 Å². The van der Waals surface area contributed by atoms with Crippen molar-refractivity contribution >= 4 is 13.3 Å². The van der Waals surface area contributed by atoms with Crippen LogP contribution in [0.25, 0.3) is 0 Å². The van der Waals surface area contributed by atoms with Crippen molar-refractivity contribution in [3.63, 3.8) is 0 Å². The van der Waals surface area contributed by atoms with E-state index in [2.05, 4.69) is 0 Å². The number of ether oxygens (including phenoxy) is 1. The highest BCUT2D eigenvalue weighted by Gasteiger charge is 2.16. The van der Waals surface area contributed by atoms with Gasteiger partial charge in [0.05, 0.1) is 13.2 Å². The molecule has 2 radical (unpaired) electrons. The fraction of sp³-hybridized carbons (Fsp3) is 0.455. The third-order valence-electron chi connectivity index (χ3n) is 2.65. The second kappa shape index (κ2) is 4.93. The molecule has 5 heteroatoms. The Morgan fingerprint density at radius 2 is 1.75 bits per heavy atom. The van der Waals surface area contributed by atoms with Crippen LogP contribution in [0, 0.1) is 11.6 Å². The van der Waals surface area contributed by atoms with E-state index in [1.807, 2.05) is 4.90 Å². The molecule has 0 saturated carbocycles. The average Bonchev–Trinajstić information content (AvgIpc) is 2.25. The molecule has 0 spiro atoms. The SMILES string of the molecule is [B]c1cc(F)c(CN2CCOCC2)c(F)c1. The van der Waals surface area contributed by atoms with E-state index < -0.39 is 11.6 Å². The highest BCUT2D eigenvalue weighted by Crippen LogP contribution is 2.14. The molecule has 0 unspecified atom stereocenters. The van der Waals surface area contributed by atoms with Gasteiger partial charge in [-0.05, 0) is 12.1 Å². The first-order chi connectivity index (χ1) is 7.66. The standard InChI is InChI=1S/C11H12BF2NO/c12-8-5-10(13)9(11(14)6-8)7-15-1-3-16-4-2-15/h5-6H,1-4,7H2. The molecule has 2 rings (SSSR count). The molecule has 1 aromatic rings. The summed E-state index contributed by atoms with van der Waals surface area (Å²) < 4.78 is 32.1. The van der Waals surface area contributed by atoms with Gasteiger partial charge in [0, 0.05) is 25.2 Å². The van der Waals surface area contributed by atoms with Crippen LogP contribution in [-0.4, -0.2) is 39.0 Å². The molecule has 2 nitrogen and oxygen atoms in total. The van der Waals surface area contributed by atoms with Crippen LogP contribution in [-0.2, 0) is 11.3 Å². The van der Waals surface area contributed by atoms with Crippen molar-refractivity contribution in [3.05, 3.63) is 29.3 Å². The Labute approximate surface area is 94.6 Å². The first-order valence-electron chi connectivity index (χ1n) is 5.20. The summed E-state index contributed by atoms with van der Waals surface area (Å²) in [5.74, 6) is -1.16. The Balaban J connectivity index is 2.14. The lowest BCUT2D eigenvalue weighted by Gasteiger charge is -2.26. The lowest BCUT2D eigenvalue weighted by molar-refractivity contribution is 0.0332. The number of hydrogen-bond donors (Lipinski definition) is 0. The van der Waals surface area contributed by atoms with Gasteiger partial charge in [-0.1, -0.05) is 5.46 Å². The number of rotatable bonds is 2. The lowest BCUT2D eigenvalue weighted by Crippen LogP contribution is -2.36. The summed E-state index contributed by atoms with van der Waals surface area (Å²) in [6, 6.07) is 2.30. The number of nitrogens with zero attached hydrogens (tertiary/aromatic N) is 1. The Hall–Kier alpha value is -0.935. The maximum absolute atomic E-state index is 13.5. The normalized spacial score (nSPS) is 17.6. The molecule has 0 aromatic heterocycles. The number of hydrogen-bond acceptors (Lipinski definition) is 2. The summed E-state index contributed by atoms with van der Waals surface area (Å²) in [5, 5.41) is 0. The van der Waals surface area contributed by atoms with Gasteiger partial charge in [0.1, 0.15) is 19.5 Å². The molecule has 1 saturated heterocycles. The molecule has 1 heterocycles. The molecule has 1 aliphatic heterocycles. The zero-order chi connectivity index (χ0) is 11.5. The van der Waals surface area contributed by atoms with Crippen molar-refractivity contribution in [2.45, 2.75) is 6.54 Å². The van der Waals surface area contributed by atoms with Gasteiger partial charge in [-0.3, -0.25) is 4.90 Å². The van der Waals surface area contributed by atoms with Crippen molar-refractivity contribution < 1.29 is 13.5 Å². The fourth-order valence-corrected chi connectivity index (χ4v) is 1.76. The van der Waals surface area contributed by atoms with Gasteiger partial charge in [-0.25, -0.2) is 8.78 Å². The molecule has 0 aliphatic carbocycles. The van der Waals surface area contributed by atoms with E-state index in [0.29, 0.717) is 26.3 Å². The molecular weight excluding hydrogens is 211 g/mol. The van der Waals surface area contributed by atoms with Crippen LogP contribution in [0.4, 0.5) is 8.78 Å². The second-order valence-electron chi connectivity index (χ2n) is 3.85. The van der Waals surface area contributed by atoms with Gasteiger partial charge >= 0.3 is 0 Å². The maximum Gasteiger partial charge on any atom is 0.130 e. The van der Waals surface area contributed by atoms with E-state index in [1.165, 1.54) is 0 Å². The maximum atomic E-state index is 13.5. The van der Waals surface area contributed by atoms with Gasteiger partial charge < -0.3 is 4.74 Å². The van der Waals surface area contributed by atoms with E-state index >= 15 is 0 Å². The minimum absolute atomic E-state index is 0.0797. The Bertz CT molecular complexity index is 357. The zero-order valence-electron chi connectivity index (χ0n) is 8.88. The molecule has 16 heavy (non-hydrogen) atoms. The summed E-state index contributed by atoms with van der Waals surface area (Å²) in [7, 11) is 5.35. The molecule has 84 valence electrons. The molecule has 1 aliphatic rings. The first kappa shape index (κ1) is 11.5. The van der Waals surface area contributed by atoms with Crippen LogP contribution in [0.15, 0.2) is 12.1 Å². The smallest absolute Gasteiger partial charge is 0.130 e. The van der Waals surface area contributed by atoms with Crippen LogP contribution in [0.1, 0.15) is 5.56 Å². The molecule has 1 aromatic carbocycles. The minimum atomic E-state index is -0.580. The summed E-state index contributed by atoms with van der Waals surface area (Å²) in [4.78, 5) is 1.96. The molecule has 0 amide bonds. The molecule has 0 N–H and O–H groups in total. The zero-order valence-corrected chi connectivity index (χ0v) is 8.88. The summed E-state index contributed by atoms with van der Waals surface area (Å²) >= 11 is 0. The van der Waals surface area contributed by atoms with Crippen LogP contribution in [0.5, 0.6) is 0 Å². The predicted molar refractivity (Wildman–Crippen MR) is 57.8 cm³/mol. The minimum Gasteiger partial charge on any atom is -0.379 e. The second-order valence-corrected chi connectivity index (χ2v) is 3.85. The van der Waals surface area contributed by atoms with Gasteiger partial charge in [-0.15, -0.1) is 0 Å². The highest BCUT2D eigenvalue weighted by atomic mass is 19.1. The van der Waals surface area contributed by atoms with Crippen molar-refractivity contribution in [1.29, 1.82) is 0 Å². The van der Waals surface area contributed by atoms with Crippen LogP contribution in [0.2, 0.25) is 0 Å². The third kappa shape index (κ3) is 2.60. The Morgan fingerprint density at radius 3 is 2.31 bits per heavy atom. The summed E-state index contributed by atoms with van der Waals surface area (Å²) in [6.45, 7) is 2.88. The summed E-state index contributed by atoms with van der Waals surface area (Å²) in [5.41, 5.74) is 0.192. The van der Waals surface area contributed by atoms with Gasteiger partial charge in [0.2, 0.25) is 0 Å². The first-order valence-corrected chi connectivity index (χ1v) is 5.20. The topological polar surface area (TPSA) is 12.5 Å². The van der Waals surface area contributed by atoms with Crippen molar-refractivity contribution in [2.24, 2.45) is 0 Å². The number of benzene rings is 1. The van der Waals surface area contributed by atoms with Gasteiger partial charge in [0.15, 0.2) is 0 Å². The van der Waals surface area contributed by atoms with Crippen molar-refractivity contribution in [3.8, 4) is 0 Å². The van der Waals surface area contributed by atoms with E-state index in [-0.39, 0.29) is 17.6 Å². The van der Waals surface area contributed by atoms with E-state index in [0.717, 1.165) is 12.1 Å². The third-order valence-corrected chi connectivity index (χ3v) is 2.65. The van der Waals surface area contributed by atoms with E-state index in [4.69, 9.17) is 12.6 Å². The number of morpholine rings is 1. The lowest BCUT2D eigenvalue weighted by atomic mass is 9.94. The van der Waals surface area contributed by atoms with E-state index in [1.54, 1.807) is 0 Å². The summed E-state index contributed by atoms with van der Waals surface area (Å²) in [6.07, 6.45) is 0. The predicted octanol–water partition coefficient (Wildman–Crippen LogP) is 0.591. The van der Waals surface area contributed by atoms with Crippen molar-refractivity contribution in [2.75, 3.05) is 26.3 Å². The van der Waals surface area contributed by atoms with Crippen LogP contribution < -0.4 is 5.46 Å². The highest BCUT2D eigenvalue weighted by molar-refractivity contribution is 6.32.